The van der Waals surface area contributed by atoms with Gasteiger partial charge in [-0.3, -0.25) is 4.90 Å². The lowest BCUT2D eigenvalue weighted by Crippen LogP contribution is -2.52. The SMILES string of the molecule is CC1(CN)CCN(Cc2ccccc2)C[C@H]1O. The third-order valence-corrected chi connectivity index (χ3v) is 3.95. The average Bonchev–Trinajstić information content (AvgIpc) is 2.35. The molecule has 1 aromatic carbocycles. The Hall–Kier alpha value is -0.900. The standard InChI is InChI=1S/C14H22N2O/c1-14(11-15)7-8-16(10-13(14)17)9-12-5-3-2-4-6-12/h2-6,13,17H,7-11,15H2,1H3/t13-,14?/m1/s1. The summed E-state index contributed by atoms with van der Waals surface area (Å²) in [6, 6.07) is 10.4. The molecular formula is C14H22N2O. The van der Waals surface area contributed by atoms with Gasteiger partial charge in [0, 0.05) is 25.0 Å². The number of nitrogens with zero attached hydrogens (tertiary/aromatic N) is 1. The van der Waals surface area contributed by atoms with Crippen molar-refractivity contribution in [2.75, 3.05) is 19.6 Å². The van der Waals surface area contributed by atoms with Crippen molar-refractivity contribution in [2.45, 2.75) is 26.0 Å². The molecule has 1 aromatic rings. The van der Waals surface area contributed by atoms with E-state index >= 15 is 0 Å². The monoisotopic (exact) mass is 234 g/mol. The van der Waals surface area contributed by atoms with E-state index in [1.807, 2.05) is 6.07 Å². The predicted molar refractivity (Wildman–Crippen MR) is 69.5 cm³/mol. The number of β-amino-alcohol motifs (C(OH)–C–C–N with tert-alkyl or cyclic N) is 1. The van der Waals surface area contributed by atoms with Crippen molar-refractivity contribution in [3.05, 3.63) is 35.9 Å². The Bertz CT molecular complexity index is 354. The van der Waals surface area contributed by atoms with Crippen LogP contribution in [0.15, 0.2) is 30.3 Å². The van der Waals surface area contributed by atoms with Crippen molar-refractivity contribution in [3.63, 3.8) is 0 Å². The highest BCUT2D eigenvalue weighted by atomic mass is 16.3. The van der Waals surface area contributed by atoms with Crippen molar-refractivity contribution in [1.82, 2.24) is 4.90 Å². The van der Waals surface area contributed by atoms with Crippen LogP contribution >= 0.6 is 0 Å². The zero-order valence-electron chi connectivity index (χ0n) is 10.5. The molecule has 17 heavy (non-hydrogen) atoms. The molecule has 1 aliphatic rings. The number of piperidine rings is 1. The van der Waals surface area contributed by atoms with Gasteiger partial charge in [-0.1, -0.05) is 37.3 Å². The summed E-state index contributed by atoms with van der Waals surface area (Å²) >= 11 is 0. The molecule has 0 spiro atoms. The molecule has 94 valence electrons. The Morgan fingerprint density at radius 3 is 2.71 bits per heavy atom. The minimum Gasteiger partial charge on any atom is -0.391 e. The van der Waals surface area contributed by atoms with Crippen LogP contribution < -0.4 is 5.73 Å². The van der Waals surface area contributed by atoms with E-state index < -0.39 is 0 Å². The number of benzene rings is 1. The second-order valence-electron chi connectivity index (χ2n) is 5.34. The van der Waals surface area contributed by atoms with E-state index in [0.29, 0.717) is 6.54 Å². The molecule has 0 bridgehead atoms. The smallest absolute Gasteiger partial charge is 0.0733 e. The molecule has 2 rings (SSSR count). The van der Waals surface area contributed by atoms with Crippen LogP contribution in [-0.4, -0.2) is 35.7 Å². The van der Waals surface area contributed by atoms with E-state index in [-0.39, 0.29) is 11.5 Å². The molecule has 0 radical (unpaired) electrons. The zero-order chi connectivity index (χ0) is 12.3. The molecule has 0 saturated carbocycles. The number of hydrogen-bond donors (Lipinski definition) is 2. The van der Waals surface area contributed by atoms with Gasteiger partial charge in [0.2, 0.25) is 0 Å². The fraction of sp³-hybridized carbons (Fsp3) is 0.571. The van der Waals surface area contributed by atoms with E-state index in [4.69, 9.17) is 5.73 Å². The van der Waals surface area contributed by atoms with Crippen LogP contribution in [0.2, 0.25) is 0 Å². The van der Waals surface area contributed by atoms with Gasteiger partial charge in [0.15, 0.2) is 0 Å². The molecule has 0 aromatic heterocycles. The molecule has 1 unspecified atom stereocenters. The van der Waals surface area contributed by atoms with Gasteiger partial charge in [0.25, 0.3) is 0 Å². The molecule has 1 fully saturated rings. The van der Waals surface area contributed by atoms with Crippen LogP contribution in [0.3, 0.4) is 0 Å². The first-order valence-electron chi connectivity index (χ1n) is 6.28. The summed E-state index contributed by atoms with van der Waals surface area (Å²) in [4.78, 5) is 2.30. The summed E-state index contributed by atoms with van der Waals surface area (Å²) in [6.45, 7) is 5.30. The minimum absolute atomic E-state index is 0.104. The van der Waals surface area contributed by atoms with Gasteiger partial charge in [0.05, 0.1) is 6.10 Å². The maximum absolute atomic E-state index is 10.2. The number of likely N-dealkylation sites (tertiary alicyclic amines) is 1. The molecular weight excluding hydrogens is 212 g/mol. The third-order valence-electron chi connectivity index (χ3n) is 3.95. The maximum Gasteiger partial charge on any atom is 0.0733 e. The number of aliphatic hydroxyl groups excluding tert-OH is 1. The van der Waals surface area contributed by atoms with Crippen LogP contribution in [0.4, 0.5) is 0 Å². The molecule has 3 heteroatoms. The van der Waals surface area contributed by atoms with Crippen LogP contribution in [0.25, 0.3) is 0 Å². The second-order valence-corrected chi connectivity index (χ2v) is 5.34. The Kier molecular flexibility index (Phi) is 3.82. The molecule has 3 nitrogen and oxygen atoms in total. The van der Waals surface area contributed by atoms with E-state index in [0.717, 1.165) is 26.1 Å². The van der Waals surface area contributed by atoms with Crippen molar-refractivity contribution >= 4 is 0 Å². The molecule has 2 atom stereocenters. The molecule has 1 heterocycles. The van der Waals surface area contributed by atoms with Crippen LogP contribution in [0.5, 0.6) is 0 Å². The van der Waals surface area contributed by atoms with E-state index in [9.17, 15) is 5.11 Å². The largest absolute Gasteiger partial charge is 0.391 e. The molecule has 3 N–H and O–H groups in total. The van der Waals surface area contributed by atoms with Crippen LogP contribution in [0.1, 0.15) is 18.9 Å². The summed E-state index contributed by atoms with van der Waals surface area (Å²) < 4.78 is 0. The van der Waals surface area contributed by atoms with Gasteiger partial charge >= 0.3 is 0 Å². The highest BCUT2D eigenvalue weighted by Gasteiger charge is 2.36. The van der Waals surface area contributed by atoms with Crippen molar-refractivity contribution < 1.29 is 5.11 Å². The summed E-state index contributed by atoms with van der Waals surface area (Å²) in [5.74, 6) is 0. The summed E-state index contributed by atoms with van der Waals surface area (Å²) in [6.07, 6.45) is 0.655. The molecule has 0 aliphatic carbocycles. The average molecular weight is 234 g/mol. The fourth-order valence-electron chi connectivity index (χ4n) is 2.36. The number of rotatable bonds is 3. The number of aliphatic hydroxyl groups is 1. The molecule has 1 aliphatic heterocycles. The Balaban J connectivity index is 1.94. The van der Waals surface area contributed by atoms with Crippen molar-refractivity contribution in [3.8, 4) is 0 Å². The van der Waals surface area contributed by atoms with E-state index in [2.05, 4.69) is 36.1 Å². The molecule has 1 saturated heterocycles. The zero-order valence-corrected chi connectivity index (χ0v) is 10.5. The highest BCUT2D eigenvalue weighted by Crippen LogP contribution is 2.30. The summed E-state index contributed by atoms with van der Waals surface area (Å²) in [5.41, 5.74) is 6.95. The number of nitrogens with two attached hydrogens (primary N) is 1. The third kappa shape index (κ3) is 2.86. The first kappa shape index (κ1) is 12.6. The second kappa shape index (κ2) is 5.17. The van der Waals surface area contributed by atoms with Gasteiger partial charge in [-0.2, -0.15) is 0 Å². The maximum atomic E-state index is 10.2. The Labute approximate surface area is 103 Å². The first-order chi connectivity index (χ1) is 8.14. The lowest BCUT2D eigenvalue weighted by molar-refractivity contribution is -0.0329. The Morgan fingerprint density at radius 1 is 1.41 bits per heavy atom. The summed E-state index contributed by atoms with van der Waals surface area (Å²) in [7, 11) is 0. The van der Waals surface area contributed by atoms with Crippen LogP contribution in [-0.2, 0) is 6.54 Å². The lowest BCUT2D eigenvalue weighted by Gasteiger charge is -2.42. The Morgan fingerprint density at radius 2 is 2.12 bits per heavy atom. The van der Waals surface area contributed by atoms with Gasteiger partial charge in [-0.05, 0) is 18.5 Å². The van der Waals surface area contributed by atoms with E-state index in [1.165, 1.54) is 5.56 Å². The minimum atomic E-state index is -0.315. The van der Waals surface area contributed by atoms with Crippen LogP contribution in [0, 0.1) is 5.41 Å². The van der Waals surface area contributed by atoms with E-state index in [1.54, 1.807) is 0 Å². The van der Waals surface area contributed by atoms with Gasteiger partial charge in [-0.25, -0.2) is 0 Å². The lowest BCUT2D eigenvalue weighted by atomic mass is 9.78. The fourth-order valence-corrected chi connectivity index (χ4v) is 2.36. The van der Waals surface area contributed by atoms with Gasteiger partial charge in [0.1, 0.15) is 0 Å². The first-order valence-corrected chi connectivity index (χ1v) is 6.28. The molecule has 0 amide bonds. The predicted octanol–water partition coefficient (Wildman–Crippen LogP) is 1.22. The van der Waals surface area contributed by atoms with Gasteiger partial charge < -0.3 is 10.8 Å². The quantitative estimate of drug-likeness (QED) is 0.826. The normalized spacial score (nSPS) is 30.4. The topological polar surface area (TPSA) is 49.5 Å². The highest BCUT2D eigenvalue weighted by molar-refractivity contribution is 5.14. The van der Waals surface area contributed by atoms with Gasteiger partial charge in [-0.15, -0.1) is 0 Å². The summed E-state index contributed by atoms with van der Waals surface area (Å²) in [5, 5.41) is 10.2. The van der Waals surface area contributed by atoms with Crippen molar-refractivity contribution in [1.29, 1.82) is 0 Å². The number of hydrogen-bond acceptors (Lipinski definition) is 3. The van der Waals surface area contributed by atoms with Crippen molar-refractivity contribution in [2.24, 2.45) is 11.1 Å².